The minimum Gasteiger partial charge on any atom is -0.397 e. The van der Waals surface area contributed by atoms with Gasteiger partial charge in [-0.1, -0.05) is 25.6 Å². The number of nitrogens with zero attached hydrogens (tertiary/aromatic N) is 3. The van der Waals surface area contributed by atoms with Gasteiger partial charge in [-0.2, -0.15) is 0 Å². The van der Waals surface area contributed by atoms with Crippen LogP contribution in [0.3, 0.4) is 0 Å². The number of anilines is 5. The zero-order valence-corrected chi connectivity index (χ0v) is 22.7. The number of hydrogen-bond donors (Lipinski definition) is 5. The van der Waals surface area contributed by atoms with Gasteiger partial charge in [-0.25, -0.2) is 0 Å². The summed E-state index contributed by atoms with van der Waals surface area (Å²) < 4.78 is 0. The van der Waals surface area contributed by atoms with Crippen molar-refractivity contribution in [1.82, 2.24) is 4.90 Å². The molecule has 0 bridgehead atoms. The Balaban J connectivity index is 1.50. The largest absolute Gasteiger partial charge is 0.397 e. The third-order valence-corrected chi connectivity index (χ3v) is 7.88. The number of rotatable bonds is 10. The maximum atomic E-state index is 11.7. The van der Waals surface area contributed by atoms with E-state index in [4.69, 9.17) is 11.5 Å². The summed E-state index contributed by atoms with van der Waals surface area (Å²) in [5, 5.41) is 16.6. The monoisotopic (exact) mass is 525 g/mol. The van der Waals surface area contributed by atoms with Gasteiger partial charge in [0, 0.05) is 49.3 Å². The summed E-state index contributed by atoms with van der Waals surface area (Å²) in [6, 6.07) is 14.0. The number of allylic oxidation sites excluding steroid dienone is 1. The Kier molecular flexibility index (Phi) is 8.73. The van der Waals surface area contributed by atoms with Crippen LogP contribution in [0.5, 0.6) is 0 Å². The van der Waals surface area contributed by atoms with Crippen molar-refractivity contribution in [2.24, 2.45) is 11.7 Å². The van der Waals surface area contributed by atoms with Crippen molar-refractivity contribution in [3.05, 3.63) is 53.2 Å². The van der Waals surface area contributed by atoms with Gasteiger partial charge in [-0.3, -0.25) is 9.69 Å². The van der Waals surface area contributed by atoms with Gasteiger partial charge in [0.2, 0.25) is 0 Å². The predicted molar refractivity (Wildman–Crippen MR) is 156 cm³/mol. The van der Waals surface area contributed by atoms with Crippen LogP contribution in [0.15, 0.2) is 53.2 Å². The van der Waals surface area contributed by atoms with E-state index in [1.807, 2.05) is 23.1 Å². The van der Waals surface area contributed by atoms with Gasteiger partial charge in [-0.05, 0) is 61.9 Å². The van der Waals surface area contributed by atoms with Crippen molar-refractivity contribution in [3.63, 3.8) is 0 Å². The molecule has 1 unspecified atom stereocenters. The first kappa shape index (κ1) is 27.0. The Bertz CT molecular complexity index is 1100. The lowest BCUT2D eigenvalue weighted by Gasteiger charge is -2.34. The normalized spacial score (nSPS) is 19.4. The number of thioether (sulfide) groups is 1. The number of nitrogens with two attached hydrogens (primary N) is 2. The van der Waals surface area contributed by atoms with Gasteiger partial charge in [0.15, 0.2) is 11.8 Å². The maximum Gasteiger partial charge on any atom is 0.160 e. The number of aliphatic hydroxyl groups is 1. The number of carbonyl (C=O) groups excluding carboxylic acids is 1. The van der Waals surface area contributed by atoms with Crippen LogP contribution in [0.4, 0.5) is 28.4 Å². The van der Waals surface area contributed by atoms with Gasteiger partial charge >= 0.3 is 0 Å². The van der Waals surface area contributed by atoms with E-state index < -0.39 is 0 Å². The molecule has 2 aromatic rings. The van der Waals surface area contributed by atoms with E-state index in [0.29, 0.717) is 22.3 Å². The number of nitrogen functional groups attached to an aromatic ring is 1. The van der Waals surface area contributed by atoms with Crippen LogP contribution >= 0.6 is 11.8 Å². The van der Waals surface area contributed by atoms with Crippen molar-refractivity contribution in [2.75, 3.05) is 66.0 Å². The molecular formula is C27H39N7O2S. The van der Waals surface area contributed by atoms with Crippen LogP contribution in [0.25, 0.3) is 0 Å². The molecule has 2 aliphatic rings. The highest BCUT2D eigenvalue weighted by atomic mass is 32.2. The summed E-state index contributed by atoms with van der Waals surface area (Å²) in [5.41, 5.74) is 16.7. The van der Waals surface area contributed by atoms with E-state index in [9.17, 15) is 9.90 Å². The number of aliphatic hydroxyl groups excluding tert-OH is 1. The number of likely N-dealkylation sites (N-methyl/N-ethyl adjacent to an activating group) is 1. The topological polar surface area (TPSA) is 123 Å². The van der Waals surface area contributed by atoms with E-state index >= 15 is 0 Å². The first-order chi connectivity index (χ1) is 17.8. The molecule has 0 aliphatic carbocycles. The van der Waals surface area contributed by atoms with Crippen molar-refractivity contribution < 1.29 is 9.90 Å². The van der Waals surface area contributed by atoms with E-state index in [1.165, 1.54) is 17.4 Å². The molecule has 37 heavy (non-hydrogen) atoms. The molecule has 0 radical (unpaired) electrons. The molecule has 9 nitrogen and oxygen atoms in total. The fourth-order valence-electron chi connectivity index (χ4n) is 4.71. The summed E-state index contributed by atoms with van der Waals surface area (Å²) in [6.45, 7) is 8.41. The van der Waals surface area contributed by atoms with Crippen LogP contribution in [-0.4, -0.2) is 67.7 Å². The first-order valence-corrected chi connectivity index (χ1v) is 13.6. The Morgan fingerprint density at radius 2 is 1.76 bits per heavy atom. The quantitative estimate of drug-likeness (QED) is 0.234. The lowest BCUT2D eigenvalue weighted by atomic mass is 10.0. The average Bonchev–Trinajstić information content (AvgIpc) is 3.20. The SMILES string of the molecule is CC(C)CC(CO)Nc1ccc(N2C(N)=C(C=O)S[C@@H]2Nc2ccc(N3CCN(C)CC3)cc2)cc1N. The number of aldehydes is 1. The molecule has 1 saturated heterocycles. The second kappa shape index (κ2) is 12.0. The van der Waals surface area contributed by atoms with Crippen molar-refractivity contribution >= 4 is 46.5 Å². The molecule has 2 heterocycles. The minimum atomic E-state index is -0.306. The summed E-state index contributed by atoms with van der Waals surface area (Å²) >= 11 is 1.38. The Morgan fingerprint density at radius 1 is 1.08 bits per heavy atom. The second-order valence-corrected chi connectivity index (χ2v) is 11.2. The molecule has 10 heteroatoms. The van der Waals surface area contributed by atoms with Crippen LogP contribution in [-0.2, 0) is 4.79 Å². The number of carbonyl (C=O) groups is 1. The Hall–Kier alpha value is -3.08. The highest BCUT2D eigenvalue weighted by Crippen LogP contribution is 2.40. The highest BCUT2D eigenvalue weighted by Gasteiger charge is 2.33. The summed E-state index contributed by atoms with van der Waals surface area (Å²) in [6.07, 6.45) is 1.63. The molecule has 200 valence electrons. The van der Waals surface area contributed by atoms with Gasteiger partial charge in [0.25, 0.3) is 0 Å². The molecule has 7 N–H and O–H groups in total. The molecule has 1 fully saturated rings. The molecular weight excluding hydrogens is 486 g/mol. The highest BCUT2D eigenvalue weighted by molar-refractivity contribution is 8.05. The van der Waals surface area contributed by atoms with Crippen LogP contribution in [0.2, 0.25) is 0 Å². The van der Waals surface area contributed by atoms with Gasteiger partial charge < -0.3 is 37.0 Å². The number of benzene rings is 2. The van der Waals surface area contributed by atoms with Gasteiger partial charge in [0.05, 0.1) is 22.9 Å². The molecule has 0 spiro atoms. The minimum absolute atomic E-state index is 0.0279. The molecule has 4 rings (SSSR count). The van der Waals surface area contributed by atoms with Crippen LogP contribution < -0.4 is 31.9 Å². The summed E-state index contributed by atoms with van der Waals surface area (Å²) in [7, 11) is 2.15. The summed E-state index contributed by atoms with van der Waals surface area (Å²) in [4.78, 5) is 18.8. The molecule has 2 aliphatic heterocycles. The Morgan fingerprint density at radius 3 is 2.35 bits per heavy atom. The first-order valence-electron chi connectivity index (χ1n) is 12.8. The second-order valence-electron chi connectivity index (χ2n) is 10.1. The number of hydrogen-bond acceptors (Lipinski definition) is 10. The zero-order valence-electron chi connectivity index (χ0n) is 21.9. The fourth-order valence-corrected chi connectivity index (χ4v) is 5.76. The molecule has 0 saturated carbocycles. The molecule has 2 aromatic carbocycles. The zero-order chi connectivity index (χ0) is 26.5. The van der Waals surface area contributed by atoms with Gasteiger partial charge in [-0.15, -0.1) is 0 Å². The third-order valence-electron chi connectivity index (χ3n) is 6.77. The fraction of sp³-hybridized carbons (Fsp3) is 0.444. The molecule has 0 aromatic heterocycles. The maximum absolute atomic E-state index is 11.7. The third kappa shape index (κ3) is 6.44. The average molecular weight is 526 g/mol. The van der Waals surface area contributed by atoms with Crippen molar-refractivity contribution in [2.45, 2.75) is 31.8 Å². The predicted octanol–water partition coefficient (Wildman–Crippen LogP) is 3.12. The Labute approximate surface area is 223 Å². The molecule has 2 atom stereocenters. The lowest BCUT2D eigenvalue weighted by molar-refractivity contribution is -0.104. The van der Waals surface area contributed by atoms with Crippen LogP contribution in [0.1, 0.15) is 20.3 Å². The summed E-state index contributed by atoms with van der Waals surface area (Å²) in [5.74, 6) is 0.834. The van der Waals surface area contributed by atoms with E-state index in [1.54, 1.807) is 0 Å². The number of nitrogens with one attached hydrogen (secondary N) is 2. The van der Waals surface area contributed by atoms with E-state index in [-0.39, 0.29) is 18.1 Å². The molecule has 0 amide bonds. The van der Waals surface area contributed by atoms with Crippen LogP contribution in [0, 0.1) is 5.92 Å². The number of piperazine rings is 1. The standard InChI is InChI=1S/C27H39N7O2S/c1-18(2)14-20(16-35)30-24-9-8-22(15-23(24)28)34-26(29)25(17-36)37-27(34)31-19-4-6-21(7-5-19)33-12-10-32(3)11-13-33/h4-9,15,17-18,20,27,30-31,35H,10-14,16,28-29H2,1-3H3/t20?,27-/m1/s1. The lowest BCUT2D eigenvalue weighted by Crippen LogP contribution is -2.44. The van der Waals surface area contributed by atoms with Crippen molar-refractivity contribution in [1.29, 1.82) is 0 Å². The van der Waals surface area contributed by atoms with E-state index in [0.717, 1.165) is 55.9 Å². The van der Waals surface area contributed by atoms with E-state index in [2.05, 4.69) is 65.6 Å². The van der Waals surface area contributed by atoms with Crippen molar-refractivity contribution in [3.8, 4) is 0 Å². The van der Waals surface area contributed by atoms with Gasteiger partial charge in [0.1, 0.15) is 5.82 Å². The smallest absolute Gasteiger partial charge is 0.160 e.